The minimum atomic E-state index is -0.318. The van der Waals surface area contributed by atoms with Crippen molar-refractivity contribution in [2.24, 2.45) is 5.41 Å². The van der Waals surface area contributed by atoms with Crippen LogP contribution in [0.2, 0.25) is 0 Å². The van der Waals surface area contributed by atoms with Gasteiger partial charge in [-0.2, -0.15) is 5.10 Å². The molecule has 0 radical (unpaired) electrons. The van der Waals surface area contributed by atoms with Gasteiger partial charge in [0.1, 0.15) is 0 Å². The molecule has 1 aliphatic rings. The maximum atomic E-state index is 12.4. The maximum Gasteiger partial charge on any atom is 0.227 e. The second-order valence-electron chi connectivity index (χ2n) is 7.09. The van der Waals surface area contributed by atoms with Crippen LogP contribution in [0.3, 0.4) is 0 Å². The lowest BCUT2D eigenvalue weighted by Gasteiger charge is -2.35. The Morgan fingerprint density at radius 3 is 2.52 bits per heavy atom. The van der Waals surface area contributed by atoms with Crippen LogP contribution >= 0.6 is 0 Å². The van der Waals surface area contributed by atoms with E-state index in [1.54, 1.807) is 18.6 Å². The van der Waals surface area contributed by atoms with Crippen molar-refractivity contribution < 1.29 is 4.79 Å². The lowest BCUT2D eigenvalue weighted by atomic mass is 9.88. The van der Waals surface area contributed by atoms with Crippen LogP contribution in [-0.2, 0) is 4.79 Å². The van der Waals surface area contributed by atoms with E-state index in [2.05, 4.69) is 20.2 Å². The molecule has 1 fully saturated rings. The normalized spacial score (nSPS) is 16.6. The number of aromatic amines is 1. The largest absolute Gasteiger partial charge is 0.342 e. The van der Waals surface area contributed by atoms with Gasteiger partial charge < -0.3 is 4.90 Å². The Hall–Kier alpha value is -2.24. The van der Waals surface area contributed by atoms with Crippen LogP contribution in [0.1, 0.15) is 45.2 Å². The van der Waals surface area contributed by atoms with Gasteiger partial charge in [-0.3, -0.25) is 19.9 Å². The summed E-state index contributed by atoms with van der Waals surface area (Å²) in [4.78, 5) is 23.4. The summed E-state index contributed by atoms with van der Waals surface area (Å²) in [5, 5.41) is 6.83. The molecule has 6 heteroatoms. The topological polar surface area (TPSA) is 74.8 Å². The lowest BCUT2D eigenvalue weighted by Crippen LogP contribution is -2.43. The van der Waals surface area contributed by atoms with Gasteiger partial charge >= 0.3 is 0 Å². The maximum absolute atomic E-state index is 12.4. The molecule has 0 aromatic carbocycles. The number of hydrogen-bond donors (Lipinski definition) is 1. The predicted molar refractivity (Wildman–Crippen MR) is 87.6 cm³/mol. The van der Waals surface area contributed by atoms with E-state index in [-0.39, 0.29) is 11.3 Å². The fraction of sp³-hybridized carbons (Fsp3) is 0.529. The molecule has 3 rings (SSSR count). The third-order valence-electron chi connectivity index (χ3n) is 4.31. The standard InChI is InChI=1S/C17H23N5O/c1-17(2,3)16(23)22-8-4-12(5-9-22)14-15(19-7-6-18-14)13-10-20-21-11-13/h6-7,10-12H,4-5,8-9H2,1-3H3,(H,20,21). The summed E-state index contributed by atoms with van der Waals surface area (Å²) in [6, 6.07) is 0. The number of rotatable bonds is 2. The van der Waals surface area contributed by atoms with E-state index in [1.807, 2.05) is 31.9 Å². The number of carbonyl (C=O) groups is 1. The van der Waals surface area contributed by atoms with Crippen LogP contribution < -0.4 is 0 Å². The predicted octanol–water partition coefficient (Wildman–Crippen LogP) is 2.62. The molecule has 0 aliphatic carbocycles. The van der Waals surface area contributed by atoms with Crippen molar-refractivity contribution in [1.82, 2.24) is 25.1 Å². The minimum Gasteiger partial charge on any atom is -0.342 e. The van der Waals surface area contributed by atoms with Crippen molar-refractivity contribution in [3.05, 3.63) is 30.5 Å². The van der Waals surface area contributed by atoms with E-state index >= 15 is 0 Å². The van der Waals surface area contributed by atoms with Crippen molar-refractivity contribution in [2.45, 2.75) is 39.5 Å². The molecule has 1 N–H and O–H groups in total. The van der Waals surface area contributed by atoms with Gasteiger partial charge in [-0.05, 0) is 12.8 Å². The molecule has 3 heterocycles. The fourth-order valence-electron chi connectivity index (χ4n) is 3.08. The van der Waals surface area contributed by atoms with Gasteiger partial charge in [-0.25, -0.2) is 0 Å². The van der Waals surface area contributed by atoms with Crippen LogP contribution in [0.15, 0.2) is 24.8 Å². The van der Waals surface area contributed by atoms with Crippen molar-refractivity contribution in [2.75, 3.05) is 13.1 Å². The van der Waals surface area contributed by atoms with Crippen molar-refractivity contribution in [3.63, 3.8) is 0 Å². The Bertz CT molecular complexity index is 667. The highest BCUT2D eigenvalue weighted by atomic mass is 16.2. The van der Waals surface area contributed by atoms with Crippen LogP contribution in [0.4, 0.5) is 0 Å². The monoisotopic (exact) mass is 313 g/mol. The molecule has 122 valence electrons. The zero-order chi connectivity index (χ0) is 16.4. The number of carbonyl (C=O) groups excluding carboxylic acids is 1. The summed E-state index contributed by atoms with van der Waals surface area (Å²) in [5.41, 5.74) is 2.54. The highest BCUT2D eigenvalue weighted by molar-refractivity contribution is 5.81. The van der Waals surface area contributed by atoms with E-state index in [0.29, 0.717) is 5.92 Å². The third kappa shape index (κ3) is 3.25. The number of H-pyrrole nitrogens is 1. The molecule has 0 bridgehead atoms. The number of aromatic nitrogens is 4. The molecule has 23 heavy (non-hydrogen) atoms. The Kier molecular flexibility index (Phi) is 4.15. The SMILES string of the molecule is CC(C)(C)C(=O)N1CCC(c2nccnc2-c2cn[nH]c2)CC1. The lowest BCUT2D eigenvalue weighted by molar-refractivity contribution is -0.140. The summed E-state index contributed by atoms with van der Waals surface area (Å²) in [5.74, 6) is 0.558. The highest BCUT2D eigenvalue weighted by Gasteiger charge is 2.32. The first-order valence-corrected chi connectivity index (χ1v) is 8.06. The molecule has 1 aliphatic heterocycles. The molecule has 0 saturated carbocycles. The zero-order valence-electron chi connectivity index (χ0n) is 13.9. The molecule has 1 saturated heterocycles. The number of hydrogen-bond acceptors (Lipinski definition) is 4. The average molecular weight is 313 g/mol. The quantitative estimate of drug-likeness (QED) is 0.925. The molecule has 1 amide bonds. The second-order valence-corrected chi connectivity index (χ2v) is 7.09. The van der Waals surface area contributed by atoms with E-state index in [1.165, 1.54) is 0 Å². The number of piperidine rings is 1. The Balaban J connectivity index is 1.75. The molecular weight excluding hydrogens is 290 g/mol. The number of nitrogens with zero attached hydrogens (tertiary/aromatic N) is 4. The van der Waals surface area contributed by atoms with Gasteiger partial charge in [-0.15, -0.1) is 0 Å². The van der Waals surface area contributed by atoms with E-state index < -0.39 is 0 Å². The van der Waals surface area contributed by atoms with E-state index in [4.69, 9.17) is 0 Å². The third-order valence-corrected chi connectivity index (χ3v) is 4.31. The fourth-order valence-corrected chi connectivity index (χ4v) is 3.08. The smallest absolute Gasteiger partial charge is 0.227 e. The average Bonchev–Trinajstić information content (AvgIpc) is 3.08. The minimum absolute atomic E-state index is 0.227. The van der Waals surface area contributed by atoms with E-state index in [9.17, 15) is 4.79 Å². The Morgan fingerprint density at radius 2 is 1.91 bits per heavy atom. The first-order valence-electron chi connectivity index (χ1n) is 8.06. The van der Waals surface area contributed by atoms with Gasteiger partial charge in [0.05, 0.1) is 17.6 Å². The second kappa shape index (κ2) is 6.10. The van der Waals surface area contributed by atoms with E-state index in [0.717, 1.165) is 42.9 Å². The summed E-state index contributed by atoms with van der Waals surface area (Å²) >= 11 is 0. The molecule has 2 aromatic heterocycles. The van der Waals surface area contributed by atoms with Crippen LogP contribution in [-0.4, -0.2) is 44.1 Å². The van der Waals surface area contributed by atoms with Crippen LogP contribution in [0.5, 0.6) is 0 Å². The van der Waals surface area contributed by atoms with Gasteiger partial charge in [0.15, 0.2) is 0 Å². The van der Waals surface area contributed by atoms with Crippen molar-refractivity contribution in [3.8, 4) is 11.3 Å². The van der Waals surface area contributed by atoms with Crippen molar-refractivity contribution in [1.29, 1.82) is 0 Å². The number of likely N-dealkylation sites (tertiary alicyclic amines) is 1. The molecule has 2 aromatic rings. The van der Waals surface area contributed by atoms with Gasteiger partial charge in [-0.1, -0.05) is 20.8 Å². The van der Waals surface area contributed by atoms with Gasteiger partial charge in [0.2, 0.25) is 5.91 Å². The highest BCUT2D eigenvalue weighted by Crippen LogP contribution is 2.33. The Labute approximate surface area is 136 Å². The molecular formula is C17H23N5O. The molecule has 0 atom stereocenters. The molecule has 0 spiro atoms. The van der Waals surface area contributed by atoms with Gasteiger partial charge in [0.25, 0.3) is 0 Å². The Morgan fingerprint density at radius 1 is 1.22 bits per heavy atom. The first kappa shape index (κ1) is 15.6. The molecule has 6 nitrogen and oxygen atoms in total. The first-order chi connectivity index (χ1) is 11.0. The summed E-state index contributed by atoms with van der Waals surface area (Å²) < 4.78 is 0. The zero-order valence-corrected chi connectivity index (χ0v) is 13.9. The summed E-state index contributed by atoms with van der Waals surface area (Å²) in [6.07, 6.45) is 8.91. The molecule has 0 unspecified atom stereocenters. The number of nitrogens with one attached hydrogen (secondary N) is 1. The summed E-state index contributed by atoms with van der Waals surface area (Å²) in [6.45, 7) is 7.48. The number of amides is 1. The summed E-state index contributed by atoms with van der Waals surface area (Å²) in [7, 11) is 0. The van der Waals surface area contributed by atoms with Gasteiger partial charge in [0, 0.05) is 48.6 Å². The van der Waals surface area contributed by atoms with Crippen LogP contribution in [0.25, 0.3) is 11.3 Å². The van der Waals surface area contributed by atoms with Crippen LogP contribution in [0, 0.1) is 5.41 Å². The van der Waals surface area contributed by atoms with Crippen molar-refractivity contribution >= 4 is 5.91 Å².